The zero-order valence-corrected chi connectivity index (χ0v) is 27.5. The van der Waals surface area contributed by atoms with Crippen LogP contribution in [0.5, 0.6) is 0 Å². The van der Waals surface area contributed by atoms with Crippen molar-refractivity contribution in [3.63, 3.8) is 0 Å². The molecule has 0 aromatic heterocycles. The summed E-state index contributed by atoms with van der Waals surface area (Å²) in [4.78, 5) is 48.7. The van der Waals surface area contributed by atoms with E-state index in [9.17, 15) is 29.4 Å². The number of benzene rings is 2. The maximum atomic E-state index is 13.8. The minimum absolute atomic E-state index is 0.0165. The van der Waals surface area contributed by atoms with Gasteiger partial charge in [0.1, 0.15) is 6.61 Å². The number of aliphatic hydroxyl groups is 2. The predicted molar refractivity (Wildman–Crippen MR) is 178 cm³/mol. The molecule has 0 radical (unpaired) electrons. The van der Waals surface area contributed by atoms with Crippen LogP contribution in [-0.4, -0.2) is 63.2 Å². The first-order chi connectivity index (χ1) is 23.4. The van der Waals surface area contributed by atoms with Crippen molar-refractivity contribution in [2.75, 3.05) is 11.9 Å². The second-order valence-electron chi connectivity index (χ2n) is 14.6. The van der Waals surface area contributed by atoms with E-state index in [1.165, 1.54) is 0 Å². The standard InChI is InChI=1S/C39H41NO9/c1-37-15-14-27(42)18-25(37)10-11-28-29-19-32-39(31(44)21-41,38(29,2)20-30(43)35(28)37)49-36(48-32)24-8-6-22(7-9-24)16-23-4-3-5-26(17-23)40-33(45)12-13-34(46)47/h3-9,12-15,17-18,28-30,32,35-36,41,43H,10-11,16,19-21H2,1-2H3,(H,40,45)(H,46,47)/b13-12-/t28-,29-,30-,32+,35+,36+,37-,38-,39+/m0/s1. The number of anilines is 1. The molecule has 1 heterocycles. The molecule has 0 unspecified atom stereocenters. The third-order valence-electron chi connectivity index (χ3n) is 12.0. The maximum absolute atomic E-state index is 13.8. The van der Waals surface area contributed by atoms with Gasteiger partial charge in [-0.3, -0.25) is 14.4 Å². The lowest BCUT2D eigenvalue weighted by Crippen LogP contribution is -2.63. The van der Waals surface area contributed by atoms with E-state index in [-0.39, 0.29) is 23.5 Å². The van der Waals surface area contributed by atoms with Gasteiger partial charge in [0.25, 0.3) is 0 Å². The summed E-state index contributed by atoms with van der Waals surface area (Å²) < 4.78 is 13.3. The summed E-state index contributed by atoms with van der Waals surface area (Å²) in [6, 6.07) is 15.0. The van der Waals surface area contributed by atoms with Crippen LogP contribution in [0.2, 0.25) is 0 Å². The number of hydrogen-bond donors (Lipinski definition) is 4. The number of hydrogen-bond acceptors (Lipinski definition) is 8. The van der Waals surface area contributed by atoms with E-state index in [0.717, 1.165) is 47.3 Å². The summed E-state index contributed by atoms with van der Waals surface area (Å²) in [5.41, 5.74) is 1.63. The number of fused-ring (bicyclic) bond motifs is 7. The van der Waals surface area contributed by atoms with E-state index in [1.807, 2.05) is 55.5 Å². The molecule has 1 saturated heterocycles. The first kappa shape index (κ1) is 33.3. The van der Waals surface area contributed by atoms with Gasteiger partial charge in [-0.1, -0.05) is 61.9 Å². The lowest BCUT2D eigenvalue weighted by Gasteiger charge is -2.59. The molecule has 5 aliphatic rings. The summed E-state index contributed by atoms with van der Waals surface area (Å²) in [6.45, 7) is 3.44. The van der Waals surface area contributed by atoms with Crippen LogP contribution < -0.4 is 5.32 Å². The summed E-state index contributed by atoms with van der Waals surface area (Å²) in [6.07, 6.45) is 7.87. The van der Waals surface area contributed by atoms with Crippen LogP contribution in [0.3, 0.4) is 0 Å². The number of ether oxygens (including phenoxy) is 2. The number of carbonyl (C=O) groups excluding carboxylic acids is 3. The molecule has 4 aliphatic carbocycles. The molecule has 10 heteroatoms. The largest absolute Gasteiger partial charge is 0.478 e. The molecular weight excluding hydrogens is 626 g/mol. The number of rotatable bonds is 8. The maximum Gasteiger partial charge on any atom is 0.328 e. The Morgan fingerprint density at radius 2 is 1.84 bits per heavy atom. The fourth-order valence-corrected chi connectivity index (χ4v) is 9.95. The normalized spacial score (nSPS) is 36.0. The van der Waals surface area contributed by atoms with Crippen molar-refractivity contribution in [2.24, 2.45) is 28.6 Å². The van der Waals surface area contributed by atoms with Gasteiger partial charge in [-0.2, -0.15) is 0 Å². The zero-order valence-electron chi connectivity index (χ0n) is 27.5. The number of ketones is 2. The Hall–Kier alpha value is -4.22. The van der Waals surface area contributed by atoms with Crippen molar-refractivity contribution in [3.05, 3.63) is 101 Å². The summed E-state index contributed by atoms with van der Waals surface area (Å²) >= 11 is 0. The van der Waals surface area contributed by atoms with Crippen molar-refractivity contribution in [1.82, 2.24) is 0 Å². The van der Waals surface area contributed by atoms with Crippen LogP contribution in [0.1, 0.15) is 62.5 Å². The Morgan fingerprint density at radius 3 is 2.57 bits per heavy atom. The van der Waals surface area contributed by atoms with E-state index in [1.54, 1.807) is 18.2 Å². The topological polar surface area (TPSA) is 159 Å². The Morgan fingerprint density at radius 1 is 1.06 bits per heavy atom. The highest BCUT2D eigenvalue weighted by atomic mass is 16.7. The average Bonchev–Trinajstić information content (AvgIpc) is 3.57. The van der Waals surface area contributed by atoms with Gasteiger partial charge in [-0.25, -0.2) is 4.79 Å². The molecule has 4 fully saturated rings. The Labute approximate surface area is 284 Å². The van der Waals surface area contributed by atoms with E-state index >= 15 is 0 Å². The number of nitrogens with one attached hydrogen (secondary N) is 1. The van der Waals surface area contributed by atoms with Crippen molar-refractivity contribution in [1.29, 1.82) is 0 Å². The van der Waals surface area contributed by atoms with Crippen molar-refractivity contribution in [2.45, 2.75) is 70.1 Å². The highest BCUT2D eigenvalue weighted by molar-refractivity contribution is 6.02. The van der Waals surface area contributed by atoms with Crippen LogP contribution >= 0.6 is 0 Å². The predicted octanol–water partition coefficient (Wildman–Crippen LogP) is 4.46. The number of carboxylic acid groups (broad SMARTS) is 1. The highest BCUT2D eigenvalue weighted by Crippen LogP contribution is 2.70. The van der Waals surface area contributed by atoms with Crippen LogP contribution in [-0.2, 0) is 35.1 Å². The molecule has 256 valence electrons. The van der Waals surface area contributed by atoms with Gasteiger partial charge in [0.05, 0.1) is 12.2 Å². The molecule has 7 rings (SSSR count). The summed E-state index contributed by atoms with van der Waals surface area (Å²) in [7, 11) is 0. The third-order valence-corrected chi connectivity index (χ3v) is 12.0. The second-order valence-corrected chi connectivity index (χ2v) is 14.6. The van der Waals surface area contributed by atoms with Crippen LogP contribution in [0.15, 0.2) is 84.5 Å². The van der Waals surface area contributed by atoms with E-state index in [0.29, 0.717) is 24.9 Å². The molecule has 1 aliphatic heterocycles. The van der Waals surface area contributed by atoms with Crippen LogP contribution in [0.25, 0.3) is 0 Å². The Balaban J connectivity index is 1.09. The van der Waals surface area contributed by atoms with E-state index < -0.39 is 59.2 Å². The molecule has 2 aromatic carbocycles. The number of aliphatic hydroxyl groups excluding tert-OH is 2. The van der Waals surface area contributed by atoms with Crippen molar-refractivity contribution < 1.29 is 44.0 Å². The molecule has 1 amide bonds. The van der Waals surface area contributed by atoms with E-state index in [4.69, 9.17) is 14.6 Å². The monoisotopic (exact) mass is 667 g/mol. The fourth-order valence-electron chi connectivity index (χ4n) is 9.95. The van der Waals surface area contributed by atoms with Gasteiger partial charge >= 0.3 is 5.97 Å². The summed E-state index contributed by atoms with van der Waals surface area (Å²) in [5, 5.41) is 33.5. The summed E-state index contributed by atoms with van der Waals surface area (Å²) in [5.74, 6) is -2.19. The highest BCUT2D eigenvalue weighted by Gasteiger charge is 2.75. The number of amides is 1. The lowest BCUT2D eigenvalue weighted by atomic mass is 9.46. The van der Waals surface area contributed by atoms with Gasteiger partial charge in [-0.05, 0) is 79.4 Å². The Bertz CT molecular complexity index is 1800. The first-order valence-corrected chi connectivity index (χ1v) is 16.9. The van der Waals surface area contributed by atoms with Crippen LogP contribution in [0, 0.1) is 28.6 Å². The second kappa shape index (κ2) is 12.3. The molecule has 9 atom stereocenters. The number of allylic oxidation sites excluding steroid dienone is 4. The number of Topliss-reactive ketones (excluding diaryl/α,β-unsaturated/α-hetero) is 1. The quantitative estimate of drug-likeness (QED) is 0.298. The molecule has 2 aromatic rings. The van der Waals surface area contributed by atoms with Crippen molar-refractivity contribution in [3.8, 4) is 0 Å². The SMILES string of the molecule is C[C@]12C=CC(=O)C=C1CC[C@@H]1[C@@H]2[C@@H](O)C[C@@]2(C)[C@H]1C[C@H]1O[C@@H](c3ccc(Cc4cccc(NC(=O)/C=C\C(=O)O)c4)cc3)O[C@]12C(=O)CO. The van der Waals surface area contributed by atoms with Gasteiger partial charge in [0.15, 0.2) is 23.5 Å². The Kier molecular flexibility index (Phi) is 8.34. The average molecular weight is 668 g/mol. The molecule has 4 N–H and O–H groups in total. The minimum atomic E-state index is -1.42. The van der Waals surface area contributed by atoms with Gasteiger partial charge < -0.3 is 30.1 Å². The van der Waals surface area contributed by atoms with Crippen molar-refractivity contribution >= 4 is 29.1 Å². The van der Waals surface area contributed by atoms with E-state index in [2.05, 4.69) is 12.2 Å². The first-order valence-electron chi connectivity index (χ1n) is 16.9. The van der Waals surface area contributed by atoms with Gasteiger partial charge in [0.2, 0.25) is 5.91 Å². The van der Waals surface area contributed by atoms with Crippen LogP contribution in [0.4, 0.5) is 5.69 Å². The molecule has 10 nitrogen and oxygen atoms in total. The number of aliphatic carboxylic acids is 1. The minimum Gasteiger partial charge on any atom is -0.478 e. The molecule has 3 saturated carbocycles. The third kappa shape index (κ3) is 5.42. The number of carboxylic acids is 1. The lowest BCUT2D eigenvalue weighted by molar-refractivity contribution is -0.201. The fraction of sp³-hybridized carbons (Fsp3) is 0.436. The smallest absolute Gasteiger partial charge is 0.328 e. The molecule has 0 spiro atoms. The number of carbonyl (C=O) groups is 4. The molecular formula is C39H41NO9. The van der Waals surface area contributed by atoms with Gasteiger partial charge in [0, 0.05) is 40.2 Å². The molecule has 49 heavy (non-hydrogen) atoms. The zero-order chi connectivity index (χ0) is 34.7. The molecule has 0 bridgehead atoms. The van der Waals surface area contributed by atoms with Gasteiger partial charge in [-0.15, -0.1) is 0 Å².